The second kappa shape index (κ2) is 4.42. The van der Waals surface area contributed by atoms with Crippen molar-refractivity contribution in [1.82, 2.24) is 5.32 Å². The lowest BCUT2D eigenvalue weighted by Crippen LogP contribution is -2.49. The molecule has 0 radical (unpaired) electrons. The molecule has 74 valence electrons. The second-order valence-corrected chi connectivity index (χ2v) is 3.91. The van der Waals surface area contributed by atoms with Crippen molar-refractivity contribution in [2.45, 2.75) is 38.3 Å². The summed E-state index contributed by atoms with van der Waals surface area (Å²) < 4.78 is 0. The average Bonchev–Trinajstić information content (AvgIpc) is 2.02. The molecule has 1 aliphatic rings. The molecule has 1 unspecified atom stereocenters. The molecule has 0 spiro atoms. The molecule has 0 bridgehead atoms. The highest BCUT2D eigenvalue weighted by Crippen LogP contribution is 2.26. The van der Waals surface area contributed by atoms with Crippen LogP contribution >= 0.6 is 0 Å². The van der Waals surface area contributed by atoms with Gasteiger partial charge in [-0.3, -0.25) is 4.79 Å². The number of nitrogens with one attached hydrogen (secondary N) is 1. The van der Waals surface area contributed by atoms with Gasteiger partial charge in [-0.05, 0) is 25.2 Å². The monoisotopic (exact) mass is 182 g/mol. The summed E-state index contributed by atoms with van der Waals surface area (Å²) >= 11 is 0. The van der Waals surface area contributed by atoms with Crippen LogP contribution in [0.2, 0.25) is 0 Å². The van der Waals surface area contributed by atoms with E-state index in [-0.39, 0.29) is 5.91 Å². The van der Waals surface area contributed by atoms with Gasteiger partial charge in [0.1, 0.15) is 0 Å². The fraction of sp³-hybridized carbons (Fsp3) is 0.700. The topological polar surface area (TPSA) is 55.1 Å². The summed E-state index contributed by atoms with van der Waals surface area (Å²) in [5, 5.41) is 2.92. The zero-order valence-corrected chi connectivity index (χ0v) is 8.12. The molecule has 1 atom stereocenters. The summed E-state index contributed by atoms with van der Waals surface area (Å²) in [7, 11) is 0. The summed E-state index contributed by atoms with van der Waals surface area (Å²) in [6.45, 7) is 5.74. The molecule has 1 saturated carbocycles. The minimum Gasteiger partial charge on any atom is -0.352 e. The van der Waals surface area contributed by atoms with Crippen LogP contribution in [0.1, 0.15) is 26.2 Å². The Morgan fingerprint density at radius 3 is 2.85 bits per heavy atom. The minimum atomic E-state index is -0.423. The van der Waals surface area contributed by atoms with Gasteiger partial charge in [0, 0.05) is 6.04 Å². The highest BCUT2D eigenvalue weighted by molar-refractivity contribution is 5.82. The summed E-state index contributed by atoms with van der Waals surface area (Å²) in [5.41, 5.74) is 5.61. The molecule has 3 nitrogen and oxygen atoms in total. The van der Waals surface area contributed by atoms with Gasteiger partial charge in [0.15, 0.2) is 0 Å². The normalized spacial score (nSPS) is 28.8. The summed E-state index contributed by atoms with van der Waals surface area (Å²) in [6, 6.07) is -0.0632. The van der Waals surface area contributed by atoms with Gasteiger partial charge in [0.2, 0.25) is 5.91 Å². The molecule has 0 heterocycles. The van der Waals surface area contributed by atoms with Crippen molar-refractivity contribution >= 4 is 5.91 Å². The van der Waals surface area contributed by atoms with E-state index in [0.29, 0.717) is 12.5 Å². The van der Waals surface area contributed by atoms with Crippen LogP contribution in [-0.4, -0.2) is 18.0 Å². The van der Waals surface area contributed by atoms with Crippen LogP contribution in [0.25, 0.3) is 0 Å². The number of carbonyl (C=O) groups excluding carboxylic acids is 1. The Hall–Kier alpha value is -0.830. The zero-order chi connectivity index (χ0) is 9.84. The first-order valence-corrected chi connectivity index (χ1v) is 4.80. The quantitative estimate of drug-likeness (QED) is 0.632. The van der Waals surface area contributed by atoms with Crippen molar-refractivity contribution in [2.24, 2.45) is 11.7 Å². The lowest BCUT2D eigenvalue weighted by atomic mass is 9.82. The molecular formula is C10H18N2O. The Bertz CT molecular complexity index is 197. The van der Waals surface area contributed by atoms with E-state index in [0.717, 1.165) is 18.8 Å². The molecule has 3 heteroatoms. The van der Waals surface area contributed by atoms with Crippen molar-refractivity contribution < 1.29 is 4.79 Å². The molecule has 1 aliphatic carbocycles. The van der Waals surface area contributed by atoms with E-state index < -0.39 is 6.04 Å². The molecule has 0 aromatic rings. The Kier molecular flexibility index (Phi) is 3.48. The molecule has 13 heavy (non-hydrogen) atoms. The maximum Gasteiger partial charge on any atom is 0.237 e. The van der Waals surface area contributed by atoms with Crippen molar-refractivity contribution in [3.63, 3.8) is 0 Å². The Morgan fingerprint density at radius 2 is 2.38 bits per heavy atom. The average molecular weight is 182 g/mol. The first-order valence-electron chi connectivity index (χ1n) is 4.80. The smallest absolute Gasteiger partial charge is 0.237 e. The number of amides is 1. The van der Waals surface area contributed by atoms with Crippen molar-refractivity contribution in [3.05, 3.63) is 12.7 Å². The van der Waals surface area contributed by atoms with Crippen molar-refractivity contribution in [2.75, 3.05) is 0 Å². The molecule has 1 fully saturated rings. The zero-order valence-electron chi connectivity index (χ0n) is 8.12. The van der Waals surface area contributed by atoms with Crippen LogP contribution in [0.3, 0.4) is 0 Å². The van der Waals surface area contributed by atoms with Gasteiger partial charge < -0.3 is 11.1 Å². The molecule has 0 aliphatic heterocycles. The Labute approximate surface area is 79.4 Å². The van der Waals surface area contributed by atoms with Crippen LogP contribution in [-0.2, 0) is 4.79 Å². The van der Waals surface area contributed by atoms with E-state index in [1.54, 1.807) is 6.08 Å². The minimum absolute atomic E-state index is 0.0446. The lowest BCUT2D eigenvalue weighted by Gasteiger charge is -2.33. The second-order valence-electron chi connectivity index (χ2n) is 3.91. The van der Waals surface area contributed by atoms with Gasteiger partial charge in [-0.1, -0.05) is 13.0 Å². The van der Waals surface area contributed by atoms with E-state index in [1.165, 1.54) is 0 Å². The third-order valence-electron chi connectivity index (χ3n) is 2.48. The number of hydrogen-bond donors (Lipinski definition) is 2. The summed E-state index contributed by atoms with van der Waals surface area (Å²) in [6.07, 6.45) is 4.40. The number of carbonyl (C=O) groups is 1. The molecule has 3 N–H and O–H groups in total. The van der Waals surface area contributed by atoms with Gasteiger partial charge in [-0.2, -0.15) is 0 Å². The largest absolute Gasteiger partial charge is 0.352 e. The fourth-order valence-electron chi connectivity index (χ4n) is 1.62. The predicted octanol–water partition coefficient (Wildman–Crippen LogP) is 0.804. The number of nitrogens with two attached hydrogens (primary N) is 1. The molecule has 0 aromatic heterocycles. The van der Waals surface area contributed by atoms with Crippen LogP contribution < -0.4 is 11.1 Å². The predicted molar refractivity (Wildman–Crippen MR) is 53.1 cm³/mol. The highest BCUT2D eigenvalue weighted by Gasteiger charge is 2.27. The first kappa shape index (κ1) is 10.3. The van der Waals surface area contributed by atoms with E-state index in [4.69, 9.17) is 5.73 Å². The number of hydrogen-bond acceptors (Lipinski definition) is 2. The standard InChI is InChI=1S/C10H18N2O/c1-3-4-9(11)10(13)12-8-5-7(2)6-8/h3,7-9H,1,4-6,11H2,2H3,(H,12,13). The summed E-state index contributed by atoms with van der Waals surface area (Å²) in [4.78, 5) is 11.4. The molecule has 1 rings (SSSR count). The lowest BCUT2D eigenvalue weighted by molar-refractivity contribution is -0.123. The van der Waals surface area contributed by atoms with E-state index in [9.17, 15) is 4.79 Å². The Balaban J connectivity index is 2.20. The van der Waals surface area contributed by atoms with E-state index in [2.05, 4.69) is 18.8 Å². The third kappa shape index (κ3) is 2.84. The SMILES string of the molecule is C=CCC(N)C(=O)NC1CC(C)C1. The maximum atomic E-state index is 11.4. The van der Waals surface area contributed by atoms with Crippen LogP contribution in [0, 0.1) is 5.92 Å². The molecular weight excluding hydrogens is 164 g/mol. The van der Waals surface area contributed by atoms with Crippen molar-refractivity contribution in [1.29, 1.82) is 0 Å². The maximum absolute atomic E-state index is 11.4. The van der Waals surface area contributed by atoms with Crippen molar-refractivity contribution in [3.8, 4) is 0 Å². The van der Waals surface area contributed by atoms with Crippen LogP contribution in [0.5, 0.6) is 0 Å². The van der Waals surface area contributed by atoms with Gasteiger partial charge in [0.05, 0.1) is 6.04 Å². The third-order valence-corrected chi connectivity index (χ3v) is 2.48. The Morgan fingerprint density at radius 1 is 1.77 bits per heavy atom. The van der Waals surface area contributed by atoms with E-state index >= 15 is 0 Å². The van der Waals surface area contributed by atoms with Gasteiger partial charge in [-0.25, -0.2) is 0 Å². The highest BCUT2D eigenvalue weighted by atomic mass is 16.2. The molecule has 0 saturated heterocycles. The molecule has 1 amide bonds. The fourth-order valence-corrected chi connectivity index (χ4v) is 1.62. The van der Waals surface area contributed by atoms with Gasteiger partial charge in [-0.15, -0.1) is 6.58 Å². The van der Waals surface area contributed by atoms with Crippen LogP contribution in [0.15, 0.2) is 12.7 Å². The first-order chi connectivity index (χ1) is 6.13. The molecule has 0 aromatic carbocycles. The number of rotatable bonds is 4. The van der Waals surface area contributed by atoms with Gasteiger partial charge in [0.25, 0.3) is 0 Å². The van der Waals surface area contributed by atoms with E-state index in [1.807, 2.05) is 0 Å². The van der Waals surface area contributed by atoms with Gasteiger partial charge >= 0.3 is 0 Å². The van der Waals surface area contributed by atoms with Crippen LogP contribution in [0.4, 0.5) is 0 Å². The summed E-state index contributed by atoms with van der Waals surface area (Å²) in [5.74, 6) is 0.706.